The third-order valence-corrected chi connectivity index (χ3v) is 5.04. The van der Waals surface area contributed by atoms with Crippen LogP contribution in [0.4, 0.5) is 0 Å². The van der Waals surface area contributed by atoms with E-state index in [1.54, 1.807) is 0 Å². The second kappa shape index (κ2) is 8.15. The molecular weight excluding hydrogens is 358 g/mol. The Hall–Kier alpha value is -3.66. The van der Waals surface area contributed by atoms with E-state index in [9.17, 15) is 4.79 Å². The van der Waals surface area contributed by atoms with Crippen LogP contribution in [0.2, 0.25) is 0 Å². The summed E-state index contributed by atoms with van der Waals surface area (Å²) in [6, 6.07) is 29.6. The van der Waals surface area contributed by atoms with Crippen LogP contribution in [0.25, 0.3) is 16.9 Å². The fraction of sp³-hybridized carbons (Fsp3) is 0.120. The van der Waals surface area contributed by atoms with Crippen molar-refractivity contribution in [1.82, 2.24) is 15.1 Å². The van der Waals surface area contributed by atoms with Gasteiger partial charge in [-0.25, -0.2) is 4.68 Å². The summed E-state index contributed by atoms with van der Waals surface area (Å²) >= 11 is 0. The molecule has 29 heavy (non-hydrogen) atoms. The van der Waals surface area contributed by atoms with Crippen LogP contribution >= 0.6 is 0 Å². The van der Waals surface area contributed by atoms with Crippen molar-refractivity contribution in [1.29, 1.82) is 0 Å². The van der Waals surface area contributed by atoms with Gasteiger partial charge in [0.1, 0.15) is 5.69 Å². The van der Waals surface area contributed by atoms with Crippen LogP contribution in [-0.2, 0) is 0 Å². The van der Waals surface area contributed by atoms with Crippen molar-refractivity contribution >= 4 is 5.91 Å². The Morgan fingerprint density at radius 2 is 1.41 bits per heavy atom. The van der Waals surface area contributed by atoms with Crippen LogP contribution in [0.3, 0.4) is 0 Å². The van der Waals surface area contributed by atoms with Crippen LogP contribution < -0.4 is 5.32 Å². The van der Waals surface area contributed by atoms with Crippen LogP contribution in [0.5, 0.6) is 0 Å². The van der Waals surface area contributed by atoms with E-state index in [4.69, 9.17) is 5.10 Å². The van der Waals surface area contributed by atoms with Crippen molar-refractivity contribution in [2.45, 2.75) is 19.9 Å². The number of aromatic nitrogens is 2. The lowest BCUT2D eigenvalue weighted by Crippen LogP contribution is -2.27. The van der Waals surface area contributed by atoms with Gasteiger partial charge in [-0.2, -0.15) is 5.10 Å². The molecule has 144 valence electrons. The molecule has 1 aromatic heterocycles. The largest absolute Gasteiger partial charge is 0.345 e. The molecule has 0 aliphatic carbocycles. The summed E-state index contributed by atoms with van der Waals surface area (Å²) in [4.78, 5) is 13.3. The Labute approximate surface area is 170 Å². The van der Waals surface area contributed by atoms with E-state index < -0.39 is 0 Å². The molecule has 0 bridgehead atoms. The van der Waals surface area contributed by atoms with Gasteiger partial charge in [0.05, 0.1) is 23.0 Å². The van der Waals surface area contributed by atoms with Gasteiger partial charge in [0.25, 0.3) is 5.91 Å². The number of nitrogens with one attached hydrogen (secondary N) is 1. The van der Waals surface area contributed by atoms with E-state index in [0.29, 0.717) is 11.3 Å². The number of hydrogen-bond donors (Lipinski definition) is 1. The molecule has 0 aliphatic rings. The third-order valence-electron chi connectivity index (χ3n) is 5.04. The summed E-state index contributed by atoms with van der Waals surface area (Å²) in [6.45, 7) is 3.93. The molecule has 0 aliphatic heterocycles. The predicted octanol–water partition coefficient (Wildman–Crippen LogP) is 5.34. The van der Waals surface area contributed by atoms with Gasteiger partial charge in [-0.05, 0) is 31.5 Å². The molecule has 0 radical (unpaired) electrons. The number of benzene rings is 3. The van der Waals surface area contributed by atoms with Crippen molar-refractivity contribution in [3.63, 3.8) is 0 Å². The SMILES string of the molecule is Cc1c(C(=O)N[C@@H](C)c2ccccc2)c(-c2ccccc2)nn1-c1ccccc1. The molecule has 0 unspecified atom stereocenters. The fourth-order valence-corrected chi connectivity index (χ4v) is 3.49. The van der Waals surface area contributed by atoms with Crippen LogP contribution in [0.1, 0.15) is 34.6 Å². The van der Waals surface area contributed by atoms with Gasteiger partial charge >= 0.3 is 0 Å². The van der Waals surface area contributed by atoms with E-state index >= 15 is 0 Å². The Balaban J connectivity index is 1.77. The average Bonchev–Trinajstić information content (AvgIpc) is 3.13. The molecule has 0 saturated carbocycles. The molecule has 4 heteroatoms. The molecule has 1 heterocycles. The minimum absolute atomic E-state index is 0.105. The molecule has 0 fully saturated rings. The highest BCUT2D eigenvalue weighted by Gasteiger charge is 2.24. The van der Waals surface area contributed by atoms with Gasteiger partial charge in [0, 0.05) is 5.56 Å². The summed E-state index contributed by atoms with van der Waals surface area (Å²) in [6.07, 6.45) is 0. The highest BCUT2D eigenvalue weighted by molar-refractivity contribution is 6.01. The van der Waals surface area contributed by atoms with Crippen molar-refractivity contribution < 1.29 is 4.79 Å². The highest BCUT2D eigenvalue weighted by Crippen LogP contribution is 2.28. The van der Waals surface area contributed by atoms with Gasteiger partial charge in [-0.3, -0.25) is 4.79 Å². The minimum Gasteiger partial charge on any atom is -0.345 e. The average molecular weight is 381 g/mol. The zero-order chi connectivity index (χ0) is 20.2. The lowest BCUT2D eigenvalue weighted by molar-refractivity contribution is 0.0940. The maximum absolute atomic E-state index is 13.3. The number of carbonyl (C=O) groups is 1. The number of rotatable bonds is 5. The van der Waals surface area contributed by atoms with E-state index in [-0.39, 0.29) is 11.9 Å². The lowest BCUT2D eigenvalue weighted by Gasteiger charge is -2.15. The van der Waals surface area contributed by atoms with Crippen LogP contribution in [0, 0.1) is 6.92 Å². The first kappa shape index (κ1) is 18.7. The smallest absolute Gasteiger partial charge is 0.255 e. The van der Waals surface area contributed by atoms with Crippen LogP contribution in [0.15, 0.2) is 91.0 Å². The van der Waals surface area contributed by atoms with Gasteiger partial charge in [-0.15, -0.1) is 0 Å². The van der Waals surface area contributed by atoms with Crippen molar-refractivity contribution in [3.8, 4) is 16.9 Å². The highest BCUT2D eigenvalue weighted by atomic mass is 16.1. The molecule has 1 amide bonds. The molecule has 4 aromatic rings. The Bertz CT molecular complexity index is 1100. The summed E-state index contributed by atoms with van der Waals surface area (Å²) < 4.78 is 1.84. The Morgan fingerprint density at radius 1 is 0.862 bits per heavy atom. The first-order chi connectivity index (χ1) is 14.1. The summed E-state index contributed by atoms with van der Waals surface area (Å²) in [5.41, 5.74) is 5.01. The normalized spacial score (nSPS) is 11.8. The Morgan fingerprint density at radius 3 is 2.03 bits per heavy atom. The summed E-state index contributed by atoms with van der Waals surface area (Å²) in [5, 5.41) is 7.94. The molecule has 1 N–H and O–H groups in total. The molecule has 0 saturated heterocycles. The van der Waals surface area contributed by atoms with Crippen molar-refractivity contribution in [2.75, 3.05) is 0 Å². The van der Waals surface area contributed by atoms with Crippen LogP contribution in [-0.4, -0.2) is 15.7 Å². The molecule has 0 spiro atoms. The second-order valence-corrected chi connectivity index (χ2v) is 7.03. The topological polar surface area (TPSA) is 46.9 Å². The van der Waals surface area contributed by atoms with Gasteiger partial charge in [-0.1, -0.05) is 78.9 Å². The number of amides is 1. The maximum Gasteiger partial charge on any atom is 0.255 e. The minimum atomic E-state index is -0.125. The number of para-hydroxylation sites is 1. The number of nitrogens with zero attached hydrogens (tertiary/aromatic N) is 2. The quantitative estimate of drug-likeness (QED) is 0.507. The fourth-order valence-electron chi connectivity index (χ4n) is 3.49. The number of carbonyl (C=O) groups excluding carboxylic acids is 1. The van der Waals surface area contributed by atoms with Crippen molar-refractivity contribution in [2.24, 2.45) is 0 Å². The van der Waals surface area contributed by atoms with Gasteiger partial charge < -0.3 is 5.32 Å². The first-order valence-corrected chi connectivity index (χ1v) is 9.71. The zero-order valence-electron chi connectivity index (χ0n) is 16.5. The number of hydrogen-bond acceptors (Lipinski definition) is 2. The van der Waals surface area contributed by atoms with E-state index in [1.165, 1.54) is 0 Å². The summed E-state index contributed by atoms with van der Waals surface area (Å²) in [7, 11) is 0. The van der Waals surface area contributed by atoms with Crippen molar-refractivity contribution in [3.05, 3.63) is 108 Å². The Kier molecular flexibility index (Phi) is 5.25. The van der Waals surface area contributed by atoms with E-state index in [1.807, 2.05) is 110 Å². The standard InChI is InChI=1S/C25H23N3O/c1-18(20-12-6-3-7-13-20)26-25(29)23-19(2)28(22-16-10-5-11-17-22)27-24(23)21-14-8-4-9-15-21/h3-18H,1-2H3,(H,26,29)/t18-/m0/s1. The van der Waals surface area contributed by atoms with E-state index in [0.717, 1.165) is 22.5 Å². The molecule has 3 aromatic carbocycles. The maximum atomic E-state index is 13.3. The monoisotopic (exact) mass is 381 g/mol. The zero-order valence-corrected chi connectivity index (χ0v) is 16.5. The van der Waals surface area contributed by atoms with Gasteiger partial charge in [0.2, 0.25) is 0 Å². The molecule has 4 rings (SSSR count). The van der Waals surface area contributed by atoms with Gasteiger partial charge in [0.15, 0.2) is 0 Å². The second-order valence-electron chi connectivity index (χ2n) is 7.03. The summed E-state index contributed by atoms with van der Waals surface area (Å²) in [5.74, 6) is -0.125. The molecule has 4 nitrogen and oxygen atoms in total. The van der Waals surface area contributed by atoms with E-state index in [2.05, 4.69) is 5.32 Å². The predicted molar refractivity (Wildman–Crippen MR) is 116 cm³/mol. The molecular formula is C25H23N3O. The lowest BCUT2D eigenvalue weighted by atomic mass is 10.0. The molecule has 1 atom stereocenters. The first-order valence-electron chi connectivity index (χ1n) is 9.71. The third kappa shape index (κ3) is 3.83.